The Morgan fingerprint density at radius 3 is 2.57 bits per heavy atom. The molecule has 0 radical (unpaired) electrons. The monoisotopic (exact) mass is 418 g/mol. The van der Waals surface area contributed by atoms with Crippen LogP contribution in [0.1, 0.15) is 28.5 Å². The summed E-state index contributed by atoms with van der Waals surface area (Å²) in [5, 5.41) is 17.4. The fourth-order valence-electron chi connectivity index (χ4n) is 2.70. The van der Waals surface area contributed by atoms with Crippen LogP contribution in [-0.2, 0) is 0 Å². The SMILES string of the molecule is CC(=NNC(=O)c1ccccc1O)c1c(C)[nH]n(-c2ccc(Cl)c(Cl)c2)c1=O. The van der Waals surface area contributed by atoms with Gasteiger partial charge in [-0.25, -0.2) is 10.1 Å². The highest BCUT2D eigenvalue weighted by molar-refractivity contribution is 6.42. The molecule has 0 saturated carbocycles. The van der Waals surface area contributed by atoms with Gasteiger partial charge in [-0.3, -0.25) is 14.7 Å². The Bertz CT molecular complexity index is 1150. The summed E-state index contributed by atoms with van der Waals surface area (Å²) in [5.41, 5.74) is 3.77. The molecule has 28 heavy (non-hydrogen) atoms. The van der Waals surface area contributed by atoms with Crippen LogP contribution in [-0.4, -0.2) is 26.5 Å². The number of hydrogen-bond acceptors (Lipinski definition) is 4. The molecule has 3 N–H and O–H groups in total. The number of benzene rings is 2. The summed E-state index contributed by atoms with van der Waals surface area (Å²) in [4.78, 5) is 25.0. The van der Waals surface area contributed by atoms with Crippen molar-refractivity contribution in [3.63, 3.8) is 0 Å². The maximum absolute atomic E-state index is 12.8. The number of carbonyl (C=O) groups is 1. The molecule has 1 aromatic heterocycles. The van der Waals surface area contributed by atoms with Crippen LogP contribution in [0.15, 0.2) is 52.4 Å². The van der Waals surface area contributed by atoms with E-state index in [-0.39, 0.29) is 16.9 Å². The molecular weight excluding hydrogens is 403 g/mol. The lowest BCUT2D eigenvalue weighted by molar-refractivity contribution is 0.0952. The minimum absolute atomic E-state index is 0.0815. The predicted molar refractivity (Wildman–Crippen MR) is 109 cm³/mol. The lowest BCUT2D eigenvalue weighted by Gasteiger charge is -2.04. The van der Waals surface area contributed by atoms with Crippen LogP contribution in [0.4, 0.5) is 0 Å². The average Bonchev–Trinajstić information content (AvgIpc) is 2.96. The van der Waals surface area contributed by atoms with Gasteiger partial charge in [0.2, 0.25) is 0 Å². The van der Waals surface area contributed by atoms with Gasteiger partial charge in [-0.1, -0.05) is 35.3 Å². The van der Waals surface area contributed by atoms with E-state index in [0.29, 0.717) is 32.7 Å². The first kappa shape index (κ1) is 19.7. The largest absolute Gasteiger partial charge is 0.507 e. The molecule has 3 rings (SSSR count). The van der Waals surface area contributed by atoms with Gasteiger partial charge in [0.25, 0.3) is 11.5 Å². The van der Waals surface area contributed by atoms with Gasteiger partial charge in [-0.15, -0.1) is 0 Å². The number of aromatic nitrogens is 2. The molecule has 1 heterocycles. The highest BCUT2D eigenvalue weighted by Gasteiger charge is 2.17. The number of halogens is 2. The Morgan fingerprint density at radius 2 is 1.89 bits per heavy atom. The van der Waals surface area contributed by atoms with E-state index in [1.807, 2.05) is 0 Å². The van der Waals surface area contributed by atoms with Gasteiger partial charge in [0.05, 0.1) is 32.6 Å². The zero-order valence-corrected chi connectivity index (χ0v) is 16.5. The van der Waals surface area contributed by atoms with Crippen molar-refractivity contribution in [2.45, 2.75) is 13.8 Å². The van der Waals surface area contributed by atoms with Crippen molar-refractivity contribution in [3.8, 4) is 11.4 Å². The third kappa shape index (κ3) is 3.81. The number of phenolic OH excluding ortho intramolecular Hbond substituents is 1. The number of aryl methyl sites for hydroxylation is 1. The van der Waals surface area contributed by atoms with Gasteiger partial charge >= 0.3 is 0 Å². The van der Waals surface area contributed by atoms with Gasteiger partial charge in [-0.2, -0.15) is 5.10 Å². The number of para-hydroxylation sites is 1. The van der Waals surface area contributed by atoms with Crippen molar-refractivity contribution in [2.24, 2.45) is 5.10 Å². The van der Waals surface area contributed by atoms with E-state index in [1.165, 1.54) is 16.8 Å². The van der Waals surface area contributed by atoms with E-state index in [4.69, 9.17) is 23.2 Å². The van der Waals surface area contributed by atoms with Crippen molar-refractivity contribution in [1.29, 1.82) is 0 Å². The molecule has 0 aliphatic carbocycles. The molecule has 1 amide bonds. The third-order valence-electron chi connectivity index (χ3n) is 4.07. The Hall–Kier alpha value is -3.03. The predicted octanol–water partition coefficient (Wildman–Crippen LogP) is 3.64. The van der Waals surface area contributed by atoms with Crippen molar-refractivity contribution in [1.82, 2.24) is 15.2 Å². The molecule has 0 aliphatic heterocycles. The number of H-pyrrole nitrogens is 1. The van der Waals surface area contributed by atoms with Crippen LogP contribution < -0.4 is 11.0 Å². The number of nitrogens with zero attached hydrogens (tertiary/aromatic N) is 2. The Labute approximate surface area is 170 Å². The number of carbonyl (C=O) groups excluding carboxylic acids is 1. The molecule has 0 atom stereocenters. The lowest BCUT2D eigenvalue weighted by atomic mass is 10.2. The van der Waals surface area contributed by atoms with Gasteiger partial charge in [0.1, 0.15) is 5.75 Å². The number of phenols is 1. The molecule has 7 nitrogen and oxygen atoms in total. The molecule has 0 fully saturated rings. The molecule has 144 valence electrons. The first-order chi connectivity index (χ1) is 13.3. The number of rotatable bonds is 4. The zero-order valence-electron chi connectivity index (χ0n) is 15.0. The molecule has 0 bridgehead atoms. The van der Waals surface area contributed by atoms with Gasteiger partial charge in [0, 0.05) is 5.69 Å². The Balaban J connectivity index is 1.91. The standard InChI is InChI=1S/C19H16Cl2N4O3/c1-10(22-23-18(27)13-5-3-4-6-16(13)26)17-11(2)24-25(19(17)28)12-7-8-14(20)15(21)9-12/h3-9,24,26H,1-2H3,(H,23,27). The van der Waals surface area contributed by atoms with Crippen molar-refractivity contribution in [2.75, 3.05) is 0 Å². The fraction of sp³-hybridized carbons (Fsp3) is 0.105. The van der Waals surface area contributed by atoms with Crippen molar-refractivity contribution < 1.29 is 9.90 Å². The highest BCUT2D eigenvalue weighted by atomic mass is 35.5. The second-order valence-corrected chi connectivity index (χ2v) is 6.82. The van der Waals surface area contributed by atoms with Crippen LogP contribution in [0.25, 0.3) is 5.69 Å². The maximum atomic E-state index is 12.8. The summed E-state index contributed by atoms with van der Waals surface area (Å²) in [6.45, 7) is 3.32. The quantitative estimate of drug-likeness (QED) is 0.445. The van der Waals surface area contributed by atoms with Crippen LogP contribution in [0.2, 0.25) is 10.0 Å². The third-order valence-corrected chi connectivity index (χ3v) is 4.81. The molecule has 2 aromatic carbocycles. The van der Waals surface area contributed by atoms with E-state index >= 15 is 0 Å². The van der Waals surface area contributed by atoms with E-state index in [9.17, 15) is 14.7 Å². The Kier molecular flexibility index (Phi) is 5.58. The first-order valence-corrected chi connectivity index (χ1v) is 8.95. The highest BCUT2D eigenvalue weighted by Crippen LogP contribution is 2.24. The molecule has 0 unspecified atom stereocenters. The maximum Gasteiger partial charge on any atom is 0.280 e. The van der Waals surface area contributed by atoms with E-state index in [1.54, 1.807) is 44.2 Å². The van der Waals surface area contributed by atoms with Gasteiger partial charge in [-0.05, 0) is 44.2 Å². The summed E-state index contributed by atoms with van der Waals surface area (Å²) in [6.07, 6.45) is 0. The van der Waals surface area contributed by atoms with Crippen molar-refractivity contribution in [3.05, 3.63) is 79.7 Å². The molecule has 0 aliphatic rings. The van der Waals surface area contributed by atoms with E-state index in [0.717, 1.165) is 0 Å². The number of hydrogen-bond donors (Lipinski definition) is 3. The van der Waals surface area contributed by atoms with Crippen molar-refractivity contribution >= 4 is 34.8 Å². The smallest absolute Gasteiger partial charge is 0.280 e. The number of hydrazone groups is 1. The fourth-order valence-corrected chi connectivity index (χ4v) is 2.99. The van der Waals surface area contributed by atoms with E-state index < -0.39 is 5.91 Å². The summed E-state index contributed by atoms with van der Waals surface area (Å²) in [7, 11) is 0. The zero-order chi connectivity index (χ0) is 20.4. The summed E-state index contributed by atoms with van der Waals surface area (Å²) in [6, 6.07) is 10.9. The molecule has 3 aromatic rings. The minimum atomic E-state index is -0.588. The number of nitrogens with one attached hydrogen (secondary N) is 2. The first-order valence-electron chi connectivity index (χ1n) is 8.19. The molecule has 0 saturated heterocycles. The van der Waals surface area contributed by atoms with Crippen LogP contribution in [0.5, 0.6) is 5.75 Å². The average molecular weight is 419 g/mol. The molecular formula is C19H16Cl2N4O3. The molecule has 9 heteroatoms. The summed E-state index contributed by atoms with van der Waals surface area (Å²) < 4.78 is 1.32. The second kappa shape index (κ2) is 7.92. The minimum Gasteiger partial charge on any atom is -0.507 e. The van der Waals surface area contributed by atoms with Crippen LogP contribution >= 0.6 is 23.2 Å². The topological polar surface area (TPSA) is 99.5 Å². The van der Waals surface area contributed by atoms with Crippen LogP contribution in [0, 0.1) is 6.92 Å². The summed E-state index contributed by atoms with van der Waals surface area (Å²) >= 11 is 11.9. The Morgan fingerprint density at radius 1 is 1.18 bits per heavy atom. The van der Waals surface area contributed by atoms with Gasteiger partial charge < -0.3 is 5.11 Å². The molecule has 0 spiro atoms. The van der Waals surface area contributed by atoms with Crippen LogP contribution in [0.3, 0.4) is 0 Å². The number of aromatic hydroxyl groups is 1. The number of amides is 1. The summed E-state index contributed by atoms with van der Waals surface area (Å²) in [5.74, 6) is -0.747. The normalized spacial score (nSPS) is 11.5. The lowest BCUT2D eigenvalue weighted by Crippen LogP contribution is -2.23. The number of aromatic amines is 1. The second-order valence-electron chi connectivity index (χ2n) is 6.01. The van der Waals surface area contributed by atoms with E-state index in [2.05, 4.69) is 15.6 Å². The van der Waals surface area contributed by atoms with Gasteiger partial charge in [0.15, 0.2) is 0 Å².